The maximum atomic E-state index is 12.6. The van der Waals surface area contributed by atoms with Crippen LogP contribution in [0.3, 0.4) is 0 Å². The summed E-state index contributed by atoms with van der Waals surface area (Å²) in [6.45, 7) is 4.84. The molecule has 21 heavy (non-hydrogen) atoms. The van der Waals surface area contributed by atoms with Crippen molar-refractivity contribution in [3.8, 4) is 5.75 Å². The molecule has 0 bridgehead atoms. The first kappa shape index (κ1) is 14.4. The third kappa shape index (κ3) is 3.19. The molecule has 2 saturated heterocycles. The second-order valence-electron chi connectivity index (χ2n) is 5.76. The van der Waals surface area contributed by atoms with E-state index < -0.39 is 0 Å². The van der Waals surface area contributed by atoms with Gasteiger partial charge in [0, 0.05) is 38.9 Å². The Morgan fingerprint density at radius 2 is 2.05 bits per heavy atom. The zero-order valence-electron chi connectivity index (χ0n) is 12.4. The molecule has 1 aromatic carbocycles. The van der Waals surface area contributed by atoms with E-state index in [0.717, 1.165) is 31.9 Å². The predicted octanol–water partition coefficient (Wildman–Crippen LogP) is 1.00. The number of ether oxygens (including phenoxy) is 2. The molecular weight excluding hydrogens is 268 g/mol. The number of rotatable bonds is 5. The molecular formula is C16H22N2O3. The Morgan fingerprint density at radius 1 is 1.29 bits per heavy atom. The summed E-state index contributed by atoms with van der Waals surface area (Å²) in [5.74, 6) is 2.07. The van der Waals surface area contributed by atoms with Gasteiger partial charge >= 0.3 is 0 Å². The molecule has 114 valence electrons. The summed E-state index contributed by atoms with van der Waals surface area (Å²) in [7, 11) is 1.64. The molecule has 1 N–H and O–H groups in total. The highest BCUT2D eigenvalue weighted by atomic mass is 16.5. The zero-order chi connectivity index (χ0) is 14.7. The molecule has 3 rings (SSSR count). The third-order valence-electron chi connectivity index (χ3n) is 4.31. The molecule has 1 amide bonds. The van der Waals surface area contributed by atoms with E-state index >= 15 is 0 Å². The van der Waals surface area contributed by atoms with E-state index in [1.54, 1.807) is 7.11 Å². The van der Waals surface area contributed by atoms with E-state index in [9.17, 15) is 4.79 Å². The van der Waals surface area contributed by atoms with E-state index in [1.807, 2.05) is 29.2 Å². The van der Waals surface area contributed by atoms with Crippen molar-refractivity contribution in [2.45, 2.75) is 0 Å². The van der Waals surface area contributed by atoms with Crippen molar-refractivity contribution < 1.29 is 14.3 Å². The lowest BCUT2D eigenvalue weighted by molar-refractivity contribution is 0.0781. The summed E-state index contributed by atoms with van der Waals surface area (Å²) in [4.78, 5) is 14.6. The van der Waals surface area contributed by atoms with Crippen molar-refractivity contribution in [2.24, 2.45) is 11.8 Å². The predicted molar refractivity (Wildman–Crippen MR) is 79.6 cm³/mol. The van der Waals surface area contributed by atoms with Gasteiger partial charge in [0.15, 0.2) is 0 Å². The highest BCUT2D eigenvalue weighted by Gasteiger charge is 2.38. The van der Waals surface area contributed by atoms with Crippen LogP contribution in [0.1, 0.15) is 10.4 Å². The van der Waals surface area contributed by atoms with Crippen LogP contribution in [0.2, 0.25) is 0 Å². The summed E-state index contributed by atoms with van der Waals surface area (Å²) in [5.41, 5.74) is 0.706. The monoisotopic (exact) mass is 290 g/mol. The van der Waals surface area contributed by atoms with Gasteiger partial charge in [0.25, 0.3) is 5.91 Å². The van der Waals surface area contributed by atoms with Crippen LogP contribution in [-0.4, -0.2) is 57.3 Å². The summed E-state index contributed by atoms with van der Waals surface area (Å²) in [6.07, 6.45) is 0. The molecule has 0 spiro atoms. The number of carbonyl (C=O) groups excluding carboxylic acids is 1. The van der Waals surface area contributed by atoms with E-state index in [1.165, 1.54) is 0 Å². The molecule has 2 aliphatic heterocycles. The Morgan fingerprint density at radius 3 is 2.76 bits per heavy atom. The Labute approximate surface area is 125 Å². The molecule has 0 unspecified atom stereocenters. The zero-order valence-corrected chi connectivity index (χ0v) is 12.4. The van der Waals surface area contributed by atoms with Gasteiger partial charge in [-0.3, -0.25) is 4.79 Å². The first-order valence-electron chi connectivity index (χ1n) is 7.49. The van der Waals surface area contributed by atoms with Crippen molar-refractivity contribution in [3.05, 3.63) is 29.8 Å². The SMILES string of the molecule is COCCOc1cccc(C(=O)N2C[C@H]3CNC[C@H]3C2)c1. The fourth-order valence-electron chi connectivity index (χ4n) is 3.17. The minimum Gasteiger partial charge on any atom is -0.491 e. The number of hydrogen-bond acceptors (Lipinski definition) is 4. The van der Waals surface area contributed by atoms with Gasteiger partial charge in [0.1, 0.15) is 12.4 Å². The molecule has 0 saturated carbocycles. The minimum absolute atomic E-state index is 0.113. The maximum Gasteiger partial charge on any atom is 0.254 e. The number of nitrogens with one attached hydrogen (secondary N) is 1. The van der Waals surface area contributed by atoms with Crippen molar-refractivity contribution >= 4 is 5.91 Å². The van der Waals surface area contributed by atoms with Gasteiger partial charge < -0.3 is 19.7 Å². The number of benzene rings is 1. The fraction of sp³-hybridized carbons (Fsp3) is 0.562. The maximum absolute atomic E-state index is 12.6. The Balaban J connectivity index is 1.63. The molecule has 0 aliphatic carbocycles. The Bertz CT molecular complexity index is 494. The fourth-order valence-corrected chi connectivity index (χ4v) is 3.17. The van der Waals surface area contributed by atoms with Crippen molar-refractivity contribution in [2.75, 3.05) is 46.5 Å². The van der Waals surface area contributed by atoms with Gasteiger partial charge in [-0.15, -0.1) is 0 Å². The van der Waals surface area contributed by atoms with Gasteiger partial charge in [0.2, 0.25) is 0 Å². The summed E-state index contributed by atoms with van der Waals surface area (Å²) >= 11 is 0. The van der Waals surface area contributed by atoms with Crippen LogP contribution in [0.15, 0.2) is 24.3 Å². The normalized spacial score (nSPS) is 24.1. The molecule has 2 aliphatic rings. The number of methoxy groups -OCH3 is 1. The average molecular weight is 290 g/mol. The first-order chi connectivity index (χ1) is 10.3. The minimum atomic E-state index is 0.113. The average Bonchev–Trinajstić information content (AvgIpc) is 3.08. The largest absolute Gasteiger partial charge is 0.491 e. The molecule has 0 radical (unpaired) electrons. The highest BCUT2D eigenvalue weighted by molar-refractivity contribution is 5.94. The van der Waals surface area contributed by atoms with Crippen molar-refractivity contribution in [1.29, 1.82) is 0 Å². The quantitative estimate of drug-likeness (QED) is 0.822. The molecule has 0 aromatic heterocycles. The lowest BCUT2D eigenvalue weighted by Crippen LogP contribution is -2.31. The number of amides is 1. The number of nitrogens with zero attached hydrogens (tertiary/aromatic N) is 1. The first-order valence-corrected chi connectivity index (χ1v) is 7.49. The highest BCUT2D eigenvalue weighted by Crippen LogP contribution is 2.27. The number of likely N-dealkylation sites (tertiary alicyclic amines) is 1. The van der Waals surface area contributed by atoms with E-state index in [0.29, 0.717) is 30.6 Å². The second kappa shape index (κ2) is 6.45. The molecule has 5 heteroatoms. The lowest BCUT2D eigenvalue weighted by Gasteiger charge is -2.18. The van der Waals surface area contributed by atoms with Crippen LogP contribution in [-0.2, 0) is 4.74 Å². The van der Waals surface area contributed by atoms with Gasteiger partial charge in [-0.25, -0.2) is 0 Å². The van der Waals surface area contributed by atoms with Crippen LogP contribution in [0.5, 0.6) is 5.75 Å². The molecule has 2 atom stereocenters. The summed E-state index contributed by atoms with van der Waals surface area (Å²) in [6, 6.07) is 7.42. The number of fused-ring (bicyclic) bond motifs is 1. The van der Waals surface area contributed by atoms with Gasteiger partial charge in [-0.2, -0.15) is 0 Å². The van der Waals surface area contributed by atoms with Crippen LogP contribution in [0.25, 0.3) is 0 Å². The number of hydrogen-bond donors (Lipinski definition) is 1. The van der Waals surface area contributed by atoms with E-state index in [4.69, 9.17) is 9.47 Å². The van der Waals surface area contributed by atoms with Gasteiger partial charge in [0.05, 0.1) is 6.61 Å². The Hall–Kier alpha value is -1.59. The van der Waals surface area contributed by atoms with Crippen LogP contribution < -0.4 is 10.1 Å². The van der Waals surface area contributed by atoms with Crippen LogP contribution in [0.4, 0.5) is 0 Å². The summed E-state index contributed by atoms with van der Waals surface area (Å²) < 4.78 is 10.5. The Kier molecular flexibility index (Phi) is 4.41. The van der Waals surface area contributed by atoms with Crippen LogP contribution >= 0.6 is 0 Å². The van der Waals surface area contributed by atoms with Crippen LogP contribution in [0, 0.1) is 11.8 Å². The van der Waals surface area contributed by atoms with Gasteiger partial charge in [-0.1, -0.05) is 6.07 Å². The summed E-state index contributed by atoms with van der Waals surface area (Å²) in [5, 5.41) is 3.39. The smallest absolute Gasteiger partial charge is 0.254 e. The third-order valence-corrected chi connectivity index (χ3v) is 4.31. The van der Waals surface area contributed by atoms with Crippen molar-refractivity contribution in [3.63, 3.8) is 0 Å². The molecule has 1 aromatic rings. The lowest BCUT2D eigenvalue weighted by atomic mass is 10.0. The van der Waals surface area contributed by atoms with E-state index in [-0.39, 0.29) is 5.91 Å². The topological polar surface area (TPSA) is 50.8 Å². The molecule has 5 nitrogen and oxygen atoms in total. The molecule has 2 heterocycles. The molecule has 2 fully saturated rings. The second-order valence-corrected chi connectivity index (χ2v) is 5.76. The number of carbonyl (C=O) groups is 1. The van der Waals surface area contributed by atoms with E-state index in [2.05, 4.69) is 5.32 Å². The standard InChI is InChI=1S/C16H22N2O3/c1-20-5-6-21-15-4-2-3-12(7-15)16(19)18-10-13-8-17-9-14(13)11-18/h2-4,7,13-14,17H,5-6,8-11H2,1H3/t13-,14+. The van der Waals surface area contributed by atoms with Gasteiger partial charge in [-0.05, 0) is 30.0 Å². The van der Waals surface area contributed by atoms with Crippen molar-refractivity contribution in [1.82, 2.24) is 10.2 Å².